The predicted molar refractivity (Wildman–Crippen MR) is 104 cm³/mol. The molecule has 148 valence electrons. The molecule has 1 aromatic heterocycles. The second kappa shape index (κ2) is 8.41. The van der Waals surface area contributed by atoms with E-state index in [9.17, 15) is 4.79 Å². The summed E-state index contributed by atoms with van der Waals surface area (Å²) in [4.78, 5) is 16.8. The Balaban J connectivity index is 1.26. The number of rotatable bonds is 5. The quantitative estimate of drug-likeness (QED) is 0.271. The van der Waals surface area contributed by atoms with Crippen LogP contribution in [0.2, 0.25) is 5.02 Å². The number of nitrogens with zero attached hydrogens (tertiary/aromatic N) is 2. The highest BCUT2D eigenvalue weighted by molar-refractivity contribution is 7.99. The van der Waals surface area contributed by atoms with Gasteiger partial charge in [0.25, 0.3) is 5.22 Å². The van der Waals surface area contributed by atoms with Gasteiger partial charge in [0.2, 0.25) is 12.7 Å². The first kappa shape index (κ1) is 19.1. The Kier molecular flexibility index (Phi) is 5.54. The normalized spacial score (nSPS) is 11.9. The summed E-state index contributed by atoms with van der Waals surface area (Å²) < 4.78 is 16.0. The van der Waals surface area contributed by atoms with E-state index in [1.165, 1.54) is 0 Å². The molecule has 2 N–H and O–H groups in total. The molecule has 0 unspecified atom stereocenters. The lowest BCUT2D eigenvalue weighted by Crippen LogP contribution is -2.27. The third kappa shape index (κ3) is 4.61. The van der Waals surface area contributed by atoms with Gasteiger partial charge >= 0.3 is 5.97 Å². The highest BCUT2D eigenvalue weighted by Crippen LogP contribution is 2.32. The van der Waals surface area contributed by atoms with Crippen molar-refractivity contribution in [2.45, 2.75) is 5.22 Å². The van der Waals surface area contributed by atoms with Crippen molar-refractivity contribution in [3.63, 3.8) is 0 Å². The first-order valence-electron chi connectivity index (χ1n) is 8.25. The summed E-state index contributed by atoms with van der Waals surface area (Å²) in [6.45, 7) is 0.140. The standard InChI is InChI=1S/C18H13ClN4O5S/c19-12-4-1-10(2-5-12)17-21-22-18(27-17)29-8-15(24)28-23-16(20)11-3-6-13-14(7-11)26-9-25-13/h1-7H,8-9H2,(H2,20,23). The van der Waals surface area contributed by atoms with E-state index in [0.717, 1.165) is 17.3 Å². The van der Waals surface area contributed by atoms with Gasteiger partial charge in [0.05, 0.1) is 0 Å². The predicted octanol–water partition coefficient (Wildman–Crippen LogP) is 3.28. The number of thioether (sulfide) groups is 1. The minimum atomic E-state index is -0.605. The summed E-state index contributed by atoms with van der Waals surface area (Å²) in [5.41, 5.74) is 3.51. The summed E-state index contributed by atoms with van der Waals surface area (Å²) in [6, 6.07) is 11.9. The van der Waals surface area contributed by atoms with Gasteiger partial charge in [-0.2, -0.15) is 0 Å². The number of nitrogens with one attached hydrogen (secondary N) is 2. The Morgan fingerprint density at radius 3 is 2.79 bits per heavy atom. The minimum Gasteiger partial charge on any atom is -0.454 e. The molecule has 0 atom stereocenters. The maximum atomic E-state index is 11.9. The average molecular weight is 433 g/mol. The fraction of sp³-hybridized carbons (Fsp3) is 0.111. The van der Waals surface area contributed by atoms with Crippen LogP contribution in [0.5, 0.6) is 11.5 Å². The molecule has 0 saturated carbocycles. The van der Waals surface area contributed by atoms with E-state index in [0.29, 0.717) is 28.0 Å². The number of carbonyl (C=O) groups is 1. The maximum Gasteiger partial charge on any atom is 0.342 e. The van der Waals surface area contributed by atoms with Crippen molar-refractivity contribution in [2.75, 3.05) is 12.5 Å². The number of hydrogen-bond donors (Lipinski definition) is 2. The molecule has 2 heterocycles. The fourth-order valence-corrected chi connectivity index (χ4v) is 3.01. The average Bonchev–Trinajstić information content (AvgIpc) is 3.40. The summed E-state index contributed by atoms with van der Waals surface area (Å²) in [7, 11) is 0. The Morgan fingerprint density at radius 1 is 1.17 bits per heavy atom. The van der Waals surface area contributed by atoms with Gasteiger partial charge in [-0.25, -0.2) is 10.3 Å². The van der Waals surface area contributed by atoms with Crippen molar-refractivity contribution >= 4 is 35.2 Å². The number of amidine groups is 1. The van der Waals surface area contributed by atoms with E-state index >= 15 is 0 Å². The second-order valence-electron chi connectivity index (χ2n) is 5.69. The van der Waals surface area contributed by atoms with Gasteiger partial charge in [0.15, 0.2) is 17.3 Å². The van der Waals surface area contributed by atoms with E-state index in [-0.39, 0.29) is 23.6 Å². The molecule has 29 heavy (non-hydrogen) atoms. The number of fused-ring (bicyclic) bond motifs is 1. The zero-order valence-electron chi connectivity index (χ0n) is 14.7. The SMILES string of the molecule is N=C(NOC(=O)CSc1nnc(-c2ccc(Cl)cc2)o1)c1ccc2c(c1)OCO2. The molecule has 9 nitrogen and oxygen atoms in total. The van der Waals surface area contributed by atoms with Crippen LogP contribution in [0.3, 0.4) is 0 Å². The fourth-order valence-electron chi connectivity index (χ4n) is 2.35. The lowest BCUT2D eigenvalue weighted by Gasteiger charge is -2.08. The number of hydroxylamine groups is 1. The Morgan fingerprint density at radius 2 is 1.97 bits per heavy atom. The zero-order chi connectivity index (χ0) is 20.2. The molecule has 1 aliphatic rings. The van der Waals surface area contributed by atoms with Gasteiger partial charge in [-0.05, 0) is 42.5 Å². The van der Waals surface area contributed by atoms with Crippen LogP contribution in [0.25, 0.3) is 11.5 Å². The van der Waals surface area contributed by atoms with Crippen molar-refractivity contribution in [1.29, 1.82) is 5.41 Å². The van der Waals surface area contributed by atoms with E-state index in [2.05, 4.69) is 15.7 Å². The Hall–Kier alpha value is -3.24. The van der Waals surface area contributed by atoms with Crippen LogP contribution in [-0.4, -0.2) is 34.5 Å². The summed E-state index contributed by atoms with van der Waals surface area (Å²) in [5.74, 6) is 0.677. The van der Waals surface area contributed by atoms with Gasteiger partial charge in [-0.15, -0.1) is 10.2 Å². The number of ether oxygens (including phenoxy) is 2. The molecule has 0 fully saturated rings. The van der Waals surface area contributed by atoms with Crippen LogP contribution in [0.1, 0.15) is 5.56 Å². The molecular formula is C18H13ClN4O5S. The molecule has 3 aromatic rings. The van der Waals surface area contributed by atoms with Crippen molar-refractivity contribution in [3.8, 4) is 23.0 Å². The molecule has 0 spiro atoms. The number of benzene rings is 2. The summed E-state index contributed by atoms with van der Waals surface area (Å²) >= 11 is 6.87. The summed E-state index contributed by atoms with van der Waals surface area (Å²) in [6.07, 6.45) is 0. The molecule has 0 bridgehead atoms. The van der Waals surface area contributed by atoms with Crippen LogP contribution < -0.4 is 15.0 Å². The lowest BCUT2D eigenvalue weighted by atomic mass is 10.2. The molecular weight excluding hydrogens is 420 g/mol. The number of hydrogen-bond acceptors (Lipinski definition) is 9. The van der Waals surface area contributed by atoms with Gasteiger partial charge in [0.1, 0.15) is 5.75 Å². The monoisotopic (exact) mass is 432 g/mol. The highest BCUT2D eigenvalue weighted by Gasteiger charge is 2.16. The van der Waals surface area contributed by atoms with E-state index in [1.807, 2.05) is 0 Å². The van der Waals surface area contributed by atoms with Crippen LogP contribution in [0.15, 0.2) is 52.1 Å². The molecule has 0 saturated heterocycles. The van der Waals surface area contributed by atoms with Gasteiger partial charge in [-0.3, -0.25) is 5.41 Å². The van der Waals surface area contributed by atoms with Crippen LogP contribution in [0.4, 0.5) is 0 Å². The third-order valence-electron chi connectivity index (χ3n) is 3.74. The Bertz CT molecular complexity index is 1060. The van der Waals surface area contributed by atoms with Gasteiger partial charge < -0.3 is 18.7 Å². The molecule has 2 aromatic carbocycles. The second-order valence-corrected chi connectivity index (χ2v) is 7.05. The topological polar surface area (TPSA) is 120 Å². The van der Waals surface area contributed by atoms with E-state index in [1.54, 1.807) is 42.5 Å². The number of halogens is 1. The molecule has 0 radical (unpaired) electrons. The van der Waals surface area contributed by atoms with E-state index < -0.39 is 5.97 Å². The number of aromatic nitrogens is 2. The molecule has 1 aliphatic heterocycles. The third-order valence-corrected chi connectivity index (χ3v) is 4.78. The first-order valence-corrected chi connectivity index (χ1v) is 9.61. The van der Waals surface area contributed by atoms with E-state index in [4.69, 9.17) is 35.7 Å². The molecule has 0 aliphatic carbocycles. The number of carbonyl (C=O) groups excluding carboxylic acids is 1. The van der Waals surface area contributed by atoms with Crippen molar-refractivity contribution in [2.24, 2.45) is 0 Å². The van der Waals surface area contributed by atoms with Crippen molar-refractivity contribution < 1.29 is 23.5 Å². The molecule has 0 amide bonds. The maximum absolute atomic E-state index is 11.9. The van der Waals surface area contributed by atoms with Crippen molar-refractivity contribution in [1.82, 2.24) is 15.7 Å². The molecule has 4 rings (SSSR count). The van der Waals surface area contributed by atoms with Crippen LogP contribution >= 0.6 is 23.4 Å². The van der Waals surface area contributed by atoms with Crippen LogP contribution in [-0.2, 0) is 9.63 Å². The summed E-state index contributed by atoms with van der Waals surface area (Å²) in [5, 5.41) is 16.6. The van der Waals surface area contributed by atoms with Crippen LogP contribution in [0, 0.1) is 5.41 Å². The van der Waals surface area contributed by atoms with Crippen molar-refractivity contribution in [3.05, 3.63) is 53.1 Å². The smallest absolute Gasteiger partial charge is 0.342 e. The molecule has 11 heteroatoms. The zero-order valence-corrected chi connectivity index (χ0v) is 16.2. The first-order chi connectivity index (χ1) is 14.1. The lowest BCUT2D eigenvalue weighted by molar-refractivity contribution is -0.144. The van der Waals surface area contributed by atoms with Gasteiger partial charge in [-0.1, -0.05) is 23.4 Å². The highest BCUT2D eigenvalue weighted by atomic mass is 35.5. The minimum absolute atomic E-state index is 0.0797. The Labute approximate surface area is 173 Å². The largest absolute Gasteiger partial charge is 0.454 e. The van der Waals surface area contributed by atoms with Gasteiger partial charge in [0, 0.05) is 16.1 Å².